The summed E-state index contributed by atoms with van der Waals surface area (Å²) in [5.74, 6) is 1.31. The van der Waals surface area contributed by atoms with Gasteiger partial charge in [0, 0.05) is 36.8 Å². The van der Waals surface area contributed by atoms with Crippen LogP contribution in [-0.2, 0) is 0 Å². The highest BCUT2D eigenvalue weighted by atomic mass is 16.5. The molecule has 1 heterocycles. The number of piperazine rings is 1. The number of fused-ring (bicyclic) bond motifs is 1. The Kier molecular flexibility index (Phi) is 5.88. The van der Waals surface area contributed by atoms with Gasteiger partial charge >= 0.3 is 0 Å². The number of hydrogen-bond donors (Lipinski definition) is 2. The molecule has 156 valence electrons. The zero-order valence-corrected chi connectivity index (χ0v) is 17.2. The molecule has 1 atom stereocenters. The molecule has 0 radical (unpaired) electrons. The summed E-state index contributed by atoms with van der Waals surface area (Å²) in [6.07, 6.45) is 0. The largest absolute Gasteiger partial charge is 0.493 e. The van der Waals surface area contributed by atoms with E-state index in [1.54, 1.807) is 14.2 Å². The van der Waals surface area contributed by atoms with Gasteiger partial charge in [-0.25, -0.2) is 0 Å². The second kappa shape index (κ2) is 8.73. The third kappa shape index (κ3) is 3.60. The Morgan fingerprint density at radius 1 is 1.03 bits per heavy atom. The number of nitrogens with one attached hydrogen (secondary N) is 1. The number of nitrogens with zero attached hydrogens (tertiary/aromatic N) is 1. The number of benzene rings is 3. The zero-order chi connectivity index (χ0) is 21.1. The molecule has 1 saturated heterocycles. The van der Waals surface area contributed by atoms with Gasteiger partial charge in [-0.15, -0.1) is 0 Å². The maximum Gasteiger partial charge on any atom is 0.254 e. The molecule has 30 heavy (non-hydrogen) atoms. The predicted molar refractivity (Wildman–Crippen MR) is 117 cm³/mol. The number of carbonyl (C=O) groups is 1. The van der Waals surface area contributed by atoms with E-state index in [9.17, 15) is 9.90 Å². The van der Waals surface area contributed by atoms with Crippen LogP contribution in [0.5, 0.6) is 11.5 Å². The number of ether oxygens (including phenoxy) is 2. The van der Waals surface area contributed by atoms with Crippen molar-refractivity contribution in [3.05, 3.63) is 60.2 Å². The Bertz CT molecular complexity index is 1070. The maximum atomic E-state index is 13.3. The summed E-state index contributed by atoms with van der Waals surface area (Å²) in [4.78, 5) is 15.1. The summed E-state index contributed by atoms with van der Waals surface area (Å²) in [5, 5.41) is 14.6. The first-order chi connectivity index (χ1) is 14.7. The van der Waals surface area contributed by atoms with E-state index in [0.717, 1.165) is 21.9 Å². The van der Waals surface area contributed by atoms with E-state index in [1.165, 1.54) is 0 Å². The number of methoxy groups -OCH3 is 2. The van der Waals surface area contributed by atoms with Crippen LogP contribution < -0.4 is 14.8 Å². The van der Waals surface area contributed by atoms with Crippen molar-refractivity contribution in [2.24, 2.45) is 0 Å². The number of para-hydroxylation sites is 1. The molecule has 2 N–H and O–H groups in total. The summed E-state index contributed by atoms with van der Waals surface area (Å²) in [5.41, 5.74) is 2.55. The molecule has 1 fully saturated rings. The van der Waals surface area contributed by atoms with Gasteiger partial charge in [0.1, 0.15) is 0 Å². The van der Waals surface area contributed by atoms with Crippen molar-refractivity contribution in [3.63, 3.8) is 0 Å². The van der Waals surface area contributed by atoms with Gasteiger partial charge in [-0.1, -0.05) is 42.5 Å². The SMILES string of the molecule is COc1cccc(-c2cccc3c(C(=O)N4CCNC(CO)C4)cccc23)c1OC. The lowest BCUT2D eigenvalue weighted by Crippen LogP contribution is -2.54. The Labute approximate surface area is 176 Å². The van der Waals surface area contributed by atoms with Crippen LogP contribution >= 0.6 is 0 Å². The Hall–Kier alpha value is -3.09. The quantitative estimate of drug-likeness (QED) is 0.682. The molecule has 0 aliphatic carbocycles. The van der Waals surface area contributed by atoms with Gasteiger partial charge in [0.25, 0.3) is 5.91 Å². The molecular formula is C24H26N2O4. The summed E-state index contributed by atoms with van der Waals surface area (Å²) in [6.45, 7) is 1.80. The second-order valence-corrected chi connectivity index (χ2v) is 7.33. The molecule has 1 aliphatic rings. The van der Waals surface area contributed by atoms with Crippen molar-refractivity contribution in [1.29, 1.82) is 0 Å². The molecule has 1 unspecified atom stereocenters. The van der Waals surface area contributed by atoms with Gasteiger partial charge in [-0.05, 0) is 28.5 Å². The first kappa shape index (κ1) is 20.2. The molecule has 0 bridgehead atoms. The normalized spacial score (nSPS) is 16.5. The molecule has 0 saturated carbocycles. The molecule has 0 aromatic heterocycles. The van der Waals surface area contributed by atoms with Crippen molar-refractivity contribution in [3.8, 4) is 22.6 Å². The van der Waals surface area contributed by atoms with E-state index >= 15 is 0 Å². The minimum atomic E-state index is -0.0886. The van der Waals surface area contributed by atoms with Gasteiger partial charge < -0.3 is 24.8 Å². The third-order valence-corrected chi connectivity index (χ3v) is 5.61. The van der Waals surface area contributed by atoms with Crippen LogP contribution in [0.1, 0.15) is 10.4 Å². The molecule has 3 aromatic rings. The van der Waals surface area contributed by atoms with Crippen molar-refractivity contribution in [1.82, 2.24) is 10.2 Å². The summed E-state index contributed by atoms with van der Waals surface area (Å²) < 4.78 is 11.1. The summed E-state index contributed by atoms with van der Waals surface area (Å²) in [6, 6.07) is 17.5. The Morgan fingerprint density at radius 3 is 2.53 bits per heavy atom. The highest BCUT2D eigenvalue weighted by Gasteiger charge is 2.25. The van der Waals surface area contributed by atoms with Crippen LogP contribution in [0, 0.1) is 0 Å². The van der Waals surface area contributed by atoms with Gasteiger partial charge in [-0.3, -0.25) is 4.79 Å². The minimum absolute atomic E-state index is 0.0130. The van der Waals surface area contributed by atoms with Crippen LogP contribution in [0.15, 0.2) is 54.6 Å². The molecule has 3 aromatic carbocycles. The van der Waals surface area contributed by atoms with E-state index in [2.05, 4.69) is 5.32 Å². The number of rotatable bonds is 5. The van der Waals surface area contributed by atoms with Crippen LogP contribution in [0.4, 0.5) is 0 Å². The molecule has 4 rings (SSSR count). The first-order valence-corrected chi connectivity index (χ1v) is 10.0. The van der Waals surface area contributed by atoms with Crippen molar-refractivity contribution in [2.75, 3.05) is 40.5 Å². The number of amides is 1. The molecule has 0 spiro atoms. The average Bonchev–Trinajstić information content (AvgIpc) is 2.82. The van der Waals surface area contributed by atoms with E-state index in [1.807, 2.05) is 59.5 Å². The molecule has 6 heteroatoms. The van der Waals surface area contributed by atoms with Gasteiger partial charge in [-0.2, -0.15) is 0 Å². The lowest BCUT2D eigenvalue weighted by molar-refractivity contribution is 0.0673. The van der Waals surface area contributed by atoms with Gasteiger partial charge in [0.2, 0.25) is 0 Å². The third-order valence-electron chi connectivity index (χ3n) is 5.61. The lowest BCUT2D eigenvalue weighted by atomic mass is 9.94. The maximum absolute atomic E-state index is 13.3. The highest BCUT2D eigenvalue weighted by molar-refractivity contribution is 6.11. The fourth-order valence-corrected chi connectivity index (χ4v) is 4.13. The standard InChI is InChI=1S/C24H26N2O4/c1-29-22-11-5-9-20(23(22)30-2)18-7-3-8-19-17(18)6-4-10-21(19)24(28)26-13-12-25-16(14-26)15-27/h3-11,16,25,27H,12-15H2,1-2H3. The van der Waals surface area contributed by atoms with Crippen LogP contribution in [0.25, 0.3) is 21.9 Å². The van der Waals surface area contributed by atoms with E-state index in [4.69, 9.17) is 9.47 Å². The Balaban J connectivity index is 1.81. The minimum Gasteiger partial charge on any atom is -0.493 e. The monoisotopic (exact) mass is 406 g/mol. The van der Waals surface area contributed by atoms with Crippen LogP contribution in [-0.4, -0.2) is 62.4 Å². The molecule has 1 amide bonds. The lowest BCUT2D eigenvalue weighted by Gasteiger charge is -2.33. The molecule has 1 aliphatic heterocycles. The van der Waals surface area contributed by atoms with Crippen molar-refractivity contribution < 1.29 is 19.4 Å². The number of aliphatic hydroxyl groups excluding tert-OH is 1. The first-order valence-electron chi connectivity index (χ1n) is 10.0. The number of hydrogen-bond acceptors (Lipinski definition) is 5. The van der Waals surface area contributed by atoms with E-state index in [0.29, 0.717) is 36.7 Å². The predicted octanol–water partition coefficient (Wildman–Crippen LogP) is 2.93. The topological polar surface area (TPSA) is 71.0 Å². The zero-order valence-electron chi connectivity index (χ0n) is 17.2. The summed E-state index contributed by atoms with van der Waals surface area (Å²) >= 11 is 0. The molecular weight excluding hydrogens is 380 g/mol. The Morgan fingerprint density at radius 2 is 1.77 bits per heavy atom. The van der Waals surface area contributed by atoms with Crippen molar-refractivity contribution in [2.45, 2.75) is 6.04 Å². The van der Waals surface area contributed by atoms with Gasteiger partial charge in [0.15, 0.2) is 11.5 Å². The van der Waals surface area contributed by atoms with E-state index < -0.39 is 0 Å². The fourth-order valence-electron chi connectivity index (χ4n) is 4.13. The number of aliphatic hydroxyl groups is 1. The van der Waals surface area contributed by atoms with Crippen LogP contribution in [0.3, 0.4) is 0 Å². The second-order valence-electron chi connectivity index (χ2n) is 7.33. The van der Waals surface area contributed by atoms with Gasteiger partial charge in [0.05, 0.1) is 20.8 Å². The smallest absolute Gasteiger partial charge is 0.254 e. The fraction of sp³-hybridized carbons (Fsp3) is 0.292. The van der Waals surface area contributed by atoms with Crippen LogP contribution in [0.2, 0.25) is 0 Å². The van der Waals surface area contributed by atoms with E-state index in [-0.39, 0.29) is 18.6 Å². The highest BCUT2D eigenvalue weighted by Crippen LogP contribution is 2.41. The average molecular weight is 406 g/mol. The number of carbonyl (C=O) groups excluding carboxylic acids is 1. The van der Waals surface area contributed by atoms with Crippen molar-refractivity contribution >= 4 is 16.7 Å². The molecule has 6 nitrogen and oxygen atoms in total. The summed E-state index contributed by atoms with van der Waals surface area (Å²) in [7, 11) is 3.25.